The lowest BCUT2D eigenvalue weighted by atomic mass is 10.0. The second kappa shape index (κ2) is 30.4. The number of benzene rings is 2. The second-order valence-corrected chi connectivity index (χ2v) is 13.0. The molecule has 0 aliphatic carbocycles. The standard InChI is InChI=1S/C9H11NO3.C9H11NO2.2C6H13NO2.C5H11NO2S/c10-8(9(12)13)5-6-1-3-7(11)4-2-6;10-8(9(11)12)6-7-4-2-1-3-5-7;1-4(2)3-5(7)6(8)9;1-3-4(2)5(7)6(8)9;1-9-3-2-4(6)5(7)8/h1-4,8,11H,5,10H2,(H,12,13);1-5,8H,6,10H2,(H,11,12);2*4-5H,3,7H2,1-2H3,(H,8,9);4H,2-3,6H2,1H3,(H,7,8). The molecular weight excluding hydrogens is 698 g/mol. The number of nitrogens with two attached hydrogens (primary N) is 5. The number of carboxylic acids is 5. The Balaban J connectivity index is -0.000000584. The SMILES string of the molecule is CC(C)CC(N)C(=O)O.CCC(C)C(N)C(=O)O.CSCCC(N)C(=O)O.NC(Cc1ccc(O)cc1)C(=O)O.NC(Cc1ccccc1)C(=O)O. The van der Waals surface area contributed by atoms with Gasteiger partial charge in [0.25, 0.3) is 0 Å². The highest BCUT2D eigenvalue weighted by atomic mass is 32.2. The summed E-state index contributed by atoms with van der Waals surface area (Å²) in [5, 5.41) is 50.9. The van der Waals surface area contributed by atoms with Crippen LogP contribution in [0.5, 0.6) is 5.75 Å². The summed E-state index contributed by atoms with van der Waals surface area (Å²) in [4.78, 5) is 51.1. The van der Waals surface area contributed by atoms with Crippen LogP contribution in [0.25, 0.3) is 0 Å². The van der Waals surface area contributed by atoms with Gasteiger partial charge in [-0.25, -0.2) is 0 Å². The van der Waals surface area contributed by atoms with Crippen molar-refractivity contribution in [2.75, 3.05) is 12.0 Å². The predicted octanol–water partition coefficient (Wildman–Crippen LogP) is 2.03. The molecule has 6 atom stereocenters. The molecular formula is C35H59N5O11S. The Kier molecular flexibility index (Phi) is 30.4. The minimum absolute atomic E-state index is 0.0718. The lowest BCUT2D eigenvalue weighted by molar-refractivity contribution is -0.140. The molecule has 0 saturated carbocycles. The van der Waals surface area contributed by atoms with Gasteiger partial charge >= 0.3 is 29.8 Å². The van der Waals surface area contributed by atoms with Crippen LogP contribution >= 0.6 is 11.8 Å². The van der Waals surface area contributed by atoms with E-state index >= 15 is 0 Å². The van der Waals surface area contributed by atoms with Crippen LogP contribution in [-0.2, 0) is 36.8 Å². The van der Waals surface area contributed by atoms with Crippen LogP contribution in [0.4, 0.5) is 0 Å². The molecule has 0 bridgehead atoms. The predicted molar refractivity (Wildman–Crippen MR) is 202 cm³/mol. The lowest BCUT2D eigenvalue weighted by Gasteiger charge is -2.11. The number of phenols is 1. The zero-order chi connectivity index (χ0) is 41.0. The van der Waals surface area contributed by atoms with Gasteiger partial charge in [-0.3, -0.25) is 24.0 Å². The van der Waals surface area contributed by atoms with Gasteiger partial charge in [0.15, 0.2) is 0 Å². The highest BCUT2D eigenvalue weighted by Crippen LogP contribution is 2.11. The number of aromatic hydroxyl groups is 1. The van der Waals surface area contributed by atoms with Crippen LogP contribution in [0.1, 0.15) is 58.1 Å². The van der Waals surface area contributed by atoms with E-state index in [0.29, 0.717) is 25.2 Å². The van der Waals surface area contributed by atoms with E-state index in [9.17, 15) is 24.0 Å². The monoisotopic (exact) mass is 757 g/mol. The summed E-state index contributed by atoms with van der Waals surface area (Å²) >= 11 is 1.60. The van der Waals surface area contributed by atoms with Gasteiger partial charge in [0.2, 0.25) is 0 Å². The fourth-order valence-electron chi connectivity index (χ4n) is 3.40. The van der Waals surface area contributed by atoms with Crippen LogP contribution in [0.2, 0.25) is 0 Å². The van der Waals surface area contributed by atoms with Crippen molar-refractivity contribution in [3.05, 3.63) is 65.7 Å². The van der Waals surface area contributed by atoms with Crippen molar-refractivity contribution < 1.29 is 54.6 Å². The van der Waals surface area contributed by atoms with E-state index in [-0.39, 0.29) is 18.1 Å². The molecule has 296 valence electrons. The maximum Gasteiger partial charge on any atom is 0.320 e. The van der Waals surface area contributed by atoms with Gasteiger partial charge in [-0.05, 0) is 72.8 Å². The molecule has 2 aromatic carbocycles. The minimum Gasteiger partial charge on any atom is -0.508 e. The summed E-state index contributed by atoms with van der Waals surface area (Å²) in [6, 6.07) is 11.9. The molecule has 0 fully saturated rings. The summed E-state index contributed by atoms with van der Waals surface area (Å²) in [7, 11) is 0. The normalized spacial score (nSPS) is 13.5. The van der Waals surface area contributed by atoms with Gasteiger partial charge in [0.05, 0.1) is 0 Å². The smallest absolute Gasteiger partial charge is 0.320 e. The third kappa shape index (κ3) is 29.5. The molecule has 2 aromatic rings. The Morgan fingerprint density at radius 1 is 0.615 bits per heavy atom. The Morgan fingerprint density at radius 3 is 1.31 bits per heavy atom. The first-order valence-electron chi connectivity index (χ1n) is 16.3. The molecule has 2 rings (SSSR count). The van der Waals surface area contributed by atoms with Crippen LogP contribution in [0.3, 0.4) is 0 Å². The van der Waals surface area contributed by atoms with Gasteiger partial charge in [0, 0.05) is 0 Å². The molecule has 16 nitrogen and oxygen atoms in total. The lowest BCUT2D eigenvalue weighted by Crippen LogP contribution is -2.36. The van der Waals surface area contributed by atoms with Crippen molar-refractivity contribution in [1.82, 2.24) is 0 Å². The Bertz CT molecular complexity index is 1290. The average molecular weight is 758 g/mol. The number of hydrogen-bond acceptors (Lipinski definition) is 12. The largest absolute Gasteiger partial charge is 0.508 e. The zero-order valence-electron chi connectivity index (χ0n) is 30.5. The van der Waals surface area contributed by atoms with Gasteiger partial charge in [-0.1, -0.05) is 76.6 Å². The van der Waals surface area contributed by atoms with E-state index in [1.54, 1.807) is 23.9 Å². The van der Waals surface area contributed by atoms with Crippen molar-refractivity contribution in [2.45, 2.75) is 90.0 Å². The summed E-state index contributed by atoms with van der Waals surface area (Å²) in [5.74, 6) is -3.32. The second-order valence-electron chi connectivity index (χ2n) is 12.0. The first-order valence-corrected chi connectivity index (χ1v) is 17.7. The maximum atomic E-state index is 10.4. The highest BCUT2D eigenvalue weighted by Gasteiger charge is 2.17. The molecule has 0 amide bonds. The average Bonchev–Trinajstić information content (AvgIpc) is 3.08. The molecule has 0 spiro atoms. The molecule has 16 N–H and O–H groups in total. The first-order chi connectivity index (χ1) is 24.1. The Morgan fingerprint density at radius 2 is 1.02 bits per heavy atom. The molecule has 0 radical (unpaired) electrons. The van der Waals surface area contributed by atoms with E-state index in [2.05, 4.69) is 0 Å². The number of carboxylic acid groups (broad SMARTS) is 5. The third-order valence-corrected chi connectivity index (χ3v) is 7.50. The van der Waals surface area contributed by atoms with Crippen LogP contribution in [0, 0.1) is 11.8 Å². The first kappa shape index (κ1) is 52.1. The summed E-state index contributed by atoms with van der Waals surface area (Å²) < 4.78 is 0. The van der Waals surface area contributed by atoms with Crippen LogP contribution < -0.4 is 28.7 Å². The summed E-state index contributed by atoms with van der Waals surface area (Å²) in [5.41, 5.74) is 28.1. The quantitative estimate of drug-likeness (QED) is 0.117. The van der Waals surface area contributed by atoms with Gasteiger partial charge in [0.1, 0.15) is 36.0 Å². The number of aliphatic carboxylic acids is 5. The fourth-order valence-corrected chi connectivity index (χ4v) is 3.89. The highest BCUT2D eigenvalue weighted by molar-refractivity contribution is 7.98. The zero-order valence-corrected chi connectivity index (χ0v) is 31.3. The van der Waals surface area contributed by atoms with E-state index in [4.69, 9.17) is 59.3 Å². The Labute approximate surface area is 309 Å². The summed E-state index contributed by atoms with van der Waals surface area (Å²) in [6.45, 7) is 7.65. The Hall–Kier alpha value is -4.26. The molecule has 52 heavy (non-hydrogen) atoms. The minimum atomic E-state index is -1.02. The number of carbonyl (C=O) groups is 5. The maximum absolute atomic E-state index is 10.4. The molecule has 0 aliphatic heterocycles. The van der Waals surface area contributed by atoms with Gasteiger partial charge in [-0.15, -0.1) is 0 Å². The van der Waals surface area contributed by atoms with Crippen LogP contribution in [0.15, 0.2) is 54.6 Å². The van der Waals surface area contributed by atoms with E-state index in [1.165, 1.54) is 12.1 Å². The fraction of sp³-hybridized carbons (Fsp3) is 0.514. The van der Waals surface area contributed by atoms with E-state index in [1.807, 2.05) is 64.3 Å². The van der Waals surface area contributed by atoms with Crippen molar-refractivity contribution in [3.8, 4) is 5.75 Å². The molecule has 0 aliphatic rings. The molecule has 17 heteroatoms. The van der Waals surface area contributed by atoms with Crippen molar-refractivity contribution in [3.63, 3.8) is 0 Å². The van der Waals surface area contributed by atoms with Gasteiger partial charge < -0.3 is 59.3 Å². The molecule has 0 aromatic heterocycles. The van der Waals surface area contributed by atoms with Crippen molar-refractivity contribution in [1.29, 1.82) is 0 Å². The summed E-state index contributed by atoms with van der Waals surface area (Å²) in [6.07, 6.45) is 4.50. The number of thioether (sulfide) groups is 1. The molecule has 0 heterocycles. The van der Waals surface area contributed by atoms with Gasteiger partial charge in [-0.2, -0.15) is 11.8 Å². The van der Waals surface area contributed by atoms with Crippen molar-refractivity contribution >= 4 is 41.6 Å². The van der Waals surface area contributed by atoms with Crippen molar-refractivity contribution in [2.24, 2.45) is 40.5 Å². The van der Waals surface area contributed by atoms with E-state index in [0.717, 1.165) is 23.3 Å². The number of phenolic OH excluding ortho intramolecular Hbond substituents is 1. The third-order valence-electron chi connectivity index (χ3n) is 6.86. The number of rotatable bonds is 16. The number of hydrogen-bond donors (Lipinski definition) is 11. The molecule has 0 saturated heterocycles. The van der Waals surface area contributed by atoms with E-state index < -0.39 is 60.1 Å². The van der Waals surface area contributed by atoms with Crippen LogP contribution in [-0.4, -0.2) is 103 Å². The topological polar surface area (TPSA) is 337 Å². The molecule has 6 unspecified atom stereocenters.